The quantitative estimate of drug-likeness (QED) is 0.517. The van der Waals surface area contributed by atoms with Crippen LogP contribution in [0.1, 0.15) is 11.1 Å². The maximum Gasteiger partial charge on any atom is 0.573 e. The number of nitrogens with zero attached hydrogens (tertiary/aromatic N) is 1. The first kappa shape index (κ1) is 13.4. The van der Waals surface area contributed by atoms with Crippen molar-refractivity contribution in [1.82, 2.24) is 4.98 Å². The highest BCUT2D eigenvalue weighted by Gasteiger charge is 2.34. The molecule has 1 rings (SSSR count). The van der Waals surface area contributed by atoms with Crippen LogP contribution in [0.3, 0.4) is 0 Å². The SMILES string of the molecule is OCc1cnc(I)c(CF)c1OC(F)(F)F. The summed E-state index contributed by atoms with van der Waals surface area (Å²) in [6.45, 7) is -1.85. The van der Waals surface area contributed by atoms with E-state index in [2.05, 4.69) is 9.72 Å². The first-order valence-electron chi connectivity index (χ1n) is 3.98. The van der Waals surface area contributed by atoms with E-state index in [-0.39, 0.29) is 14.8 Å². The van der Waals surface area contributed by atoms with Crippen molar-refractivity contribution >= 4 is 22.6 Å². The molecule has 0 aromatic carbocycles. The van der Waals surface area contributed by atoms with Crippen LogP contribution in [0.15, 0.2) is 6.20 Å². The van der Waals surface area contributed by atoms with Gasteiger partial charge in [0.15, 0.2) is 0 Å². The maximum absolute atomic E-state index is 12.6. The summed E-state index contributed by atoms with van der Waals surface area (Å²) in [6, 6.07) is 0. The Morgan fingerprint density at radius 3 is 2.50 bits per heavy atom. The van der Waals surface area contributed by atoms with Gasteiger partial charge in [0.05, 0.1) is 12.2 Å². The average Bonchev–Trinajstić information content (AvgIpc) is 2.16. The Balaban J connectivity index is 3.25. The highest BCUT2D eigenvalue weighted by atomic mass is 127. The van der Waals surface area contributed by atoms with Crippen LogP contribution >= 0.6 is 22.6 Å². The molecule has 0 saturated carbocycles. The smallest absolute Gasteiger partial charge is 0.405 e. The van der Waals surface area contributed by atoms with Crippen molar-refractivity contribution in [2.24, 2.45) is 0 Å². The van der Waals surface area contributed by atoms with Crippen molar-refractivity contribution in [2.75, 3.05) is 0 Å². The van der Waals surface area contributed by atoms with Crippen LogP contribution < -0.4 is 4.74 Å². The van der Waals surface area contributed by atoms with Gasteiger partial charge in [-0.2, -0.15) is 0 Å². The molecule has 0 unspecified atom stereocenters. The molecule has 0 fully saturated rings. The molecule has 0 bridgehead atoms. The Bertz CT molecular complexity index is 383. The summed E-state index contributed by atoms with van der Waals surface area (Å²) < 4.78 is 52.5. The highest BCUT2D eigenvalue weighted by molar-refractivity contribution is 14.1. The number of aliphatic hydroxyl groups excluding tert-OH is 1. The summed E-state index contributed by atoms with van der Waals surface area (Å²) in [7, 11) is 0. The van der Waals surface area contributed by atoms with E-state index in [0.717, 1.165) is 6.20 Å². The number of aliphatic hydroxyl groups is 1. The number of hydrogen-bond acceptors (Lipinski definition) is 3. The van der Waals surface area contributed by atoms with Crippen molar-refractivity contribution in [2.45, 2.75) is 19.6 Å². The molecule has 16 heavy (non-hydrogen) atoms. The molecule has 1 aromatic heterocycles. The fraction of sp³-hybridized carbons (Fsp3) is 0.375. The van der Waals surface area contributed by atoms with Crippen LogP contribution in [0.4, 0.5) is 17.6 Å². The molecule has 1 aromatic rings. The Labute approximate surface area is 102 Å². The van der Waals surface area contributed by atoms with E-state index < -0.39 is 25.4 Å². The molecule has 0 aliphatic heterocycles. The third-order valence-corrected chi connectivity index (χ3v) is 2.60. The first-order chi connectivity index (χ1) is 7.39. The summed E-state index contributed by atoms with van der Waals surface area (Å²) in [4.78, 5) is 3.65. The summed E-state index contributed by atoms with van der Waals surface area (Å²) in [6.07, 6.45) is -3.92. The van der Waals surface area contributed by atoms with Crippen molar-refractivity contribution in [1.29, 1.82) is 0 Å². The molecular weight excluding hydrogens is 345 g/mol. The summed E-state index contributed by atoms with van der Waals surface area (Å²) in [5, 5.41) is 8.81. The van der Waals surface area contributed by atoms with Crippen molar-refractivity contribution in [3.05, 3.63) is 21.0 Å². The number of halogens is 5. The highest BCUT2D eigenvalue weighted by Crippen LogP contribution is 2.32. The fourth-order valence-corrected chi connectivity index (χ4v) is 1.56. The van der Waals surface area contributed by atoms with E-state index in [1.54, 1.807) is 22.6 Å². The van der Waals surface area contributed by atoms with E-state index in [1.807, 2.05) is 0 Å². The molecule has 8 heteroatoms. The summed E-state index contributed by atoms with van der Waals surface area (Å²) in [5.74, 6) is -0.711. The van der Waals surface area contributed by atoms with E-state index >= 15 is 0 Å². The van der Waals surface area contributed by atoms with Gasteiger partial charge < -0.3 is 9.84 Å². The molecule has 0 aliphatic carbocycles. The Morgan fingerprint density at radius 1 is 1.44 bits per heavy atom. The Hall–Kier alpha value is -0.640. The van der Waals surface area contributed by atoms with Gasteiger partial charge in [-0.05, 0) is 22.6 Å². The predicted octanol–water partition coefficient (Wildman–Crippen LogP) is 2.55. The molecule has 0 radical (unpaired) electrons. The molecule has 0 aliphatic rings. The summed E-state index contributed by atoms with van der Waals surface area (Å²) >= 11 is 1.59. The zero-order chi connectivity index (χ0) is 12.3. The van der Waals surface area contributed by atoms with Gasteiger partial charge in [0.2, 0.25) is 0 Å². The van der Waals surface area contributed by atoms with E-state index in [4.69, 9.17) is 5.11 Å². The topological polar surface area (TPSA) is 42.4 Å². The lowest BCUT2D eigenvalue weighted by molar-refractivity contribution is -0.275. The molecule has 0 amide bonds. The van der Waals surface area contributed by atoms with Gasteiger partial charge in [0.25, 0.3) is 0 Å². The third kappa shape index (κ3) is 3.17. The monoisotopic (exact) mass is 351 g/mol. The average molecular weight is 351 g/mol. The standard InChI is InChI=1S/C8H6F4INO2/c9-1-5-6(16-8(10,11)12)4(3-15)2-14-7(5)13/h2,15H,1,3H2. The van der Waals surface area contributed by atoms with Crippen LogP contribution in [0, 0.1) is 3.70 Å². The zero-order valence-corrected chi connectivity index (χ0v) is 9.84. The minimum atomic E-state index is -4.93. The van der Waals surface area contributed by atoms with E-state index in [0.29, 0.717) is 0 Å². The van der Waals surface area contributed by atoms with Crippen LogP contribution in [-0.2, 0) is 13.3 Å². The molecule has 3 nitrogen and oxygen atoms in total. The second-order valence-electron chi connectivity index (χ2n) is 2.72. The number of aromatic nitrogens is 1. The number of alkyl halides is 4. The molecular formula is C8H6F4INO2. The Kier molecular flexibility index (Phi) is 4.30. The van der Waals surface area contributed by atoms with Crippen molar-refractivity contribution in [3.8, 4) is 5.75 Å². The molecule has 0 atom stereocenters. The van der Waals surface area contributed by atoms with Gasteiger partial charge in [-0.3, -0.25) is 0 Å². The lowest BCUT2D eigenvalue weighted by atomic mass is 10.2. The van der Waals surface area contributed by atoms with E-state index in [1.165, 1.54) is 0 Å². The van der Waals surface area contributed by atoms with Gasteiger partial charge in [-0.1, -0.05) is 0 Å². The number of hydrogen-bond donors (Lipinski definition) is 1. The molecule has 1 N–H and O–H groups in total. The first-order valence-corrected chi connectivity index (χ1v) is 5.05. The second-order valence-corrected chi connectivity index (χ2v) is 3.74. The third-order valence-electron chi connectivity index (χ3n) is 1.67. The van der Waals surface area contributed by atoms with Crippen LogP contribution in [0.25, 0.3) is 0 Å². The maximum atomic E-state index is 12.6. The Morgan fingerprint density at radius 2 is 2.06 bits per heavy atom. The second kappa shape index (κ2) is 5.13. The van der Waals surface area contributed by atoms with E-state index in [9.17, 15) is 17.6 Å². The molecule has 0 spiro atoms. The number of pyridine rings is 1. The van der Waals surface area contributed by atoms with Gasteiger partial charge in [-0.25, -0.2) is 9.37 Å². The molecule has 90 valence electrons. The van der Waals surface area contributed by atoms with Crippen molar-refractivity contribution < 1.29 is 27.4 Å². The van der Waals surface area contributed by atoms with Crippen molar-refractivity contribution in [3.63, 3.8) is 0 Å². The van der Waals surface area contributed by atoms with Crippen LogP contribution in [-0.4, -0.2) is 16.5 Å². The lowest BCUT2D eigenvalue weighted by Crippen LogP contribution is -2.20. The number of ether oxygens (including phenoxy) is 1. The minimum absolute atomic E-state index is 0.0662. The molecule has 0 saturated heterocycles. The minimum Gasteiger partial charge on any atom is -0.405 e. The van der Waals surface area contributed by atoms with Gasteiger partial charge >= 0.3 is 6.36 Å². The summed E-state index contributed by atoms with van der Waals surface area (Å²) in [5.41, 5.74) is -0.519. The number of rotatable bonds is 3. The largest absolute Gasteiger partial charge is 0.573 e. The normalized spacial score (nSPS) is 11.6. The predicted molar refractivity (Wildman–Crippen MR) is 54.4 cm³/mol. The van der Waals surface area contributed by atoms with Gasteiger partial charge in [0.1, 0.15) is 16.1 Å². The van der Waals surface area contributed by atoms with Crippen LogP contribution in [0.2, 0.25) is 0 Å². The van der Waals surface area contributed by atoms with Gasteiger partial charge in [-0.15, -0.1) is 13.2 Å². The molecule has 1 heterocycles. The van der Waals surface area contributed by atoms with Gasteiger partial charge in [0, 0.05) is 11.8 Å². The van der Waals surface area contributed by atoms with Crippen LogP contribution in [0.5, 0.6) is 5.75 Å². The fourth-order valence-electron chi connectivity index (χ4n) is 1.03. The lowest BCUT2D eigenvalue weighted by Gasteiger charge is -2.15. The zero-order valence-electron chi connectivity index (χ0n) is 7.68.